The van der Waals surface area contributed by atoms with Crippen LogP contribution in [0.2, 0.25) is 4.34 Å². The lowest BCUT2D eigenvalue weighted by Gasteiger charge is -2.19. The summed E-state index contributed by atoms with van der Waals surface area (Å²) in [5, 5.41) is 4.49. The van der Waals surface area contributed by atoms with E-state index in [-0.39, 0.29) is 0 Å². The molecule has 1 aromatic heterocycles. The van der Waals surface area contributed by atoms with Crippen molar-refractivity contribution in [2.45, 2.75) is 44.0 Å². The number of thioether (sulfide) groups is 1. The van der Waals surface area contributed by atoms with Gasteiger partial charge in [0.05, 0.1) is 0 Å². The molecule has 0 bridgehead atoms. The Labute approximate surface area is 125 Å². The van der Waals surface area contributed by atoms with E-state index in [1.54, 1.807) is 11.3 Å². The van der Waals surface area contributed by atoms with E-state index in [1.165, 1.54) is 29.9 Å². The molecule has 2 unspecified atom stereocenters. The van der Waals surface area contributed by atoms with Crippen LogP contribution in [0.15, 0.2) is 10.5 Å². The first kappa shape index (κ1) is 14.2. The molecule has 5 heteroatoms. The first-order chi connectivity index (χ1) is 8.20. The van der Waals surface area contributed by atoms with Gasteiger partial charge in [-0.15, -0.1) is 11.3 Å². The minimum Gasteiger partial charge on any atom is -0.308 e. The summed E-state index contributed by atoms with van der Waals surface area (Å²) in [6, 6.07) is 2.80. The van der Waals surface area contributed by atoms with Crippen molar-refractivity contribution in [1.29, 1.82) is 0 Å². The highest BCUT2D eigenvalue weighted by atomic mass is 79.9. The van der Waals surface area contributed by atoms with E-state index in [0.717, 1.165) is 20.6 Å². The van der Waals surface area contributed by atoms with Crippen LogP contribution in [0.25, 0.3) is 0 Å². The molecule has 0 aliphatic heterocycles. The van der Waals surface area contributed by atoms with Gasteiger partial charge in [0.25, 0.3) is 0 Å². The largest absolute Gasteiger partial charge is 0.308 e. The maximum Gasteiger partial charge on any atom is 0.107 e. The van der Waals surface area contributed by atoms with Gasteiger partial charge in [-0.25, -0.2) is 0 Å². The SMILES string of the molecule is CCSC1CCCC1NCc1cc(Br)c(Cl)s1. The van der Waals surface area contributed by atoms with Gasteiger partial charge >= 0.3 is 0 Å². The molecule has 0 saturated heterocycles. The number of rotatable bonds is 5. The summed E-state index contributed by atoms with van der Waals surface area (Å²) >= 11 is 13.3. The number of halogens is 2. The first-order valence-corrected chi connectivity index (χ1v) is 9.03. The van der Waals surface area contributed by atoms with E-state index in [0.29, 0.717) is 6.04 Å². The molecule has 0 spiro atoms. The quantitative estimate of drug-likeness (QED) is 0.804. The average molecular weight is 355 g/mol. The van der Waals surface area contributed by atoms with Crippen molar-refractivity contribution < 1.29 is 0 Å². The van der Waals surface area contributed by atoms with Gasteiger partial charge in [0.15, 0.2) is 0 Å². The lowest BCUT2D eigenvalue weighted by Crippen LogP contribution is -2.33. The summed E-state index contributed by atoms with van der Waals surface area (Å²) in [6.07, 6.45) is 4.05. The molecule has 2 rings (SSSR count). The highest BCUT2D eigenvalue weighted by Crippen LogP contribution is 2.33. The van der Waals surface area contributed by atoms with Crippen LogP contribution in [-0.4, -0.2) is 17.0 Å². The monoisotopic (exact) mass is 353 g/mol. The summed E-state index contributed by atoms with van der Waals surface area (Å²) < 4.78 is 1.87. The van der Waals surface area contributed by atoms with E-state index in [4.69, 9.17) is 11.6 Å². The summed E-state index contributed by atoms with van der Waals surface area (Å²) in [6.45, 7) is 3.19. The molecule has 1 saturated carbocycles. The van der Waals surface area contributed by atoms with Crippen LogP contribution >= 0.6 is 50.6 Å². The lowest BCUT2D eigenvalue weighted by atomic mass is 10.2. The van der Waals surface area contributed by atoms with Crippen molar-refractivity contribution in [3.63, 3.8) is 0 Å². The Balaban J connectivity index is 1.85. The summed E-state index contributed by atoms with van der Waals surface area (Å²) in [5.74, 6) is 1.22. The molecule has 1 aromatic rings. The fourth-order valence-corrected chi connectivity index (χ4v) is 5.25. The lowest BCUT2D eigenvalue weighted by molar-refractivity contribution is 0.535. The molecule has 1 aliphatic rings. The van der Waals surface area contributed by atoms with Crippen LogP contribution < -0.4 is 5.32 Å². The predicted octanol–water partition coefficient (Wildman–Crippen LogP) is 4.93. The van der Waals surface area contributed by atoms with Gasteiger partial charge < -0.3 is 5.32 Å². The number of hydrogen-bond donors (Lipinski definition) is 1. The van der Waals surface area contributed by atoms with Crippen LogP contribution in [0.1, 0.15) is 31.1 Å². The van der Waals surface area contributed by atoms with Crippen molar-refractivity contribution in [1.82, 2.24) is 5.32 Å². The van der Waals surface area contributed by atoms with E-state index in [2.05, 4.69) is 46.0 Å². The zero-order chi connectivity index (χ0) is 12.3. The van der Waals surface area contributed by atoms with E-state index < -0.39 is 0 Å². The molecule has 1 nitrogen and oxygen atoms in total. The topological polar surface area (TPSA) is 12.0 Å². The van der Waals surface area contributed by atoms with Gasteiger partial charge in [0.2, 0.25) is 0 Å². The normalized spacial score (nSPS) is 24.4. The molecule has 1 N–H and O–H groups in total. The molecule has 0 aromatic carbocycles. The van der Waals surface area contributed by atoms with Gasteiger partial charge in [0.1, 0.15) is 4.34 Å². The zero-order valence-electron chi connectivity index (χ0n) is 9.84. The molecule has 0 radical (unpaired) electrons. The summed E-state index contributed by atoms with van der Waals surface area (Å²) in [4.78, 5) is 1.31. The van der Waals surface area contributed by atoms with Crippen molar-refractivity contribution in [2.75, 3.05) is 5.75 Å². The molecule has 17 heavy (non-hydrogen) atoms. The molecular weight excluding hydrogens is 338 g/mol. The van der Waals surface area contributed by atoms with Crippen LogP contribution in [0.4, 0.5) is 0 Å². The predicted molar refractivity (Wildman–Crippen MR) is 83.4 cm³/mol. The second-order valence-electron chi connectivity index (χ2n) is 4.25. The Morgan fingerprint density at radius 1 is 1.59 bits per heavy atom. The van der Waals surface area contributed by atoms with Crippen molar-refractivity contribution in [2.24, 2.45) is 0 Å². The van der Waals surface area contributed by atoms with Crippen LogP contribution in [-0.2, 0) is 6.54 Å². The van der Waals surface area contributed by atoms with Crippen LogP contribution in [0.5, 0.6) is 0 Å². The molecule has 1 heterocycles. The maximum atomic E-state index is 6.04. The minimum atomic E-state index is 0.680. The molecule has 2 atom stereocenters. The van der Waals surface area contributed by atoms with E-state index in [9.17, 15) is 0 Å². The highest BCUT2D eigenvalue weighted by Gasteiger charge is 2.26. The Morgan fingerprint density at radius 2 is 2.41 bits per heavy atom. The molecule has 96 valence electrons. The Bertz CT molecular complexity index is 350. The Hall–Kier alpha value is 0.780. The van der Waals surface area contributed by atoms with Gasteiger partial charge in [-0.05, 0) is 40.6 Å². The number of nitrogens with one attached hydrogen (secondary N) is 1. The van der Waals surface area contributed by atoms with Crippen molar-refractivity contribution in [3.05, 3.63) is 19.8 Å². The number of thiophene rings is 1. The van der Waals surface area contributed by atoms with Gasteiger partial charge in [-0.3, -0.25) is 0 Å². The fourth-order valence-electron chi connectivity index (χ4n) is 2.28. The molecular formula is C12H17BrClNS2. The molecule has 1 aliphatic carbocycles. The fraction of sp³-hybridized carbons (Fsp3) is 0.667. The van der Waals surface area contributed by atoms with Gasteiger partial charge in [-0.2, -0.15) is 11.8 Å². The molecule has 0 amide bonds. The van der Waals surface area contributed by atoms with Gasteiger partial charge in [-0.1, -0.05) is 24.9 Å². The van der Waals surface area contributed by atoms with Gasteiger partial charge in [0, 0.05) is 27.2 Å². The first-order valence-electron chi connectivity index (χ1n) is 5.99. The second kappa shape index (κ2) is 6.80. The third kappa shape index (κ3) is 3.87. The average Bonchev–Trinajstić information content (AvgIpc) is 2.85. The third-order valence-electron chi connectivity index (χ3n) is 3.07. The maximum absolute atomic E-state index is 6.04. The summed E-state index contributed by atoms with van der Waals surface area (Å²) in [5.41, 5.74) is 0. The van der Waals surface area contributed by atoms with Crippen molar-refractivity contribution >= 4 is 50.6 Å². The van der Waals surface area contributed by atoms with Crippen LogP contribution in [0.3, 0.4) is 0 Å². The van der Waals surface area contributed by atoms with E-state index in [1.807, 2.05) is 0 Å². The third-order valence-corrected chi connectivity index (χ3v) is 6.87. The number of hydrogen-bond acceptors (Lipinski definition) is 3. The smallest absolute Gasteiger partial charge is 0.107 e. The highest BCUT2D eigenvalue weighted by molar-refractivity contribution is 9.10. The Kier molecular flexibility index (Phi) is 5.68. The standard InChI is InChI=1S/C12H17BrClNS2/c1-2-16-11-5-3-4-10(11)15-7-8-6-9(13)12(14)17-8/h6,10-11,15H,2-5,7H2,1H3. The minimum absolute atomic E-state index is 0.680. The Morgan fingerprint density at radius 3 is 3.06 bits per heavy atom. The summed E-state index contributed by atoms with van der Waals surface area (Å²) in [7, 11) is 0. The zero-order valence-corrected chi connectivity index (χ0v) is 13.8. The van der Waals surface area contributed by atoms with E-state index >= 15 is 0 Å². The molecule has 1 fully saturated rings. The van der Waals surface area contributed by atoms with Crippen molar-refractivity contribution in [3.8, 4) is 0 Å². The van der Waals surface area contributed by atoms with Crippen LogP contribution in [0, 0.1) is 0 Å². The second-order valence-corrected chi connectivity index (χ2v) is 8.36.